The van der Waals surface area contributed by atoms with Gasteiger partial charge in [0.1, 0.15) is 35.4 Å². The molecule has 0 radical (unpaired) electrons. The number of aliphatic hydroxyl groups is 1. The number of aliphatic hydroxyl groups excluding tert-OH is 1. The average Bonchev–Trinajstić information content (AvgIpc) is 3.60. The molecule has 2 saturated carbocycles. The lowest BCUT2D eigenvalue weighted by Crippen LogP contribution is -2.58. The molecule has 4 unspecified atom stereocenters. The molecular weight excluding hydrogens is 845 g/mol. The number of likely N-dealkylation sites (tertiary alicyclic amines) is 2. The number of hydrogen-bond acceptors (Lipinski definition) is 10. The van der Waals surface area contributed by atoms with Gasteiger partial charge in [-0.05, 0) is 99.7 Å². The summed E-state index contributed by atoms with van der Waals surface area (Å²) in [6.07, 6.45) is 5.54. The number of carbonyl (C=O) groups is 7. The maximum Gasteiger partial charge on any atom is 0.408 e. The fraction of sp³-hybridized carbons (Fsp3) is 0.784. The Balaban J connectivity index is 0.000000482. The molecule has 10 atom stereocenters. The SMILES string of the molecule is C.C#CCCC(CC(=O)[C@@H]1[C@@H]2C(CN1C(=O)[C@@H](NC(=O)OC(C)(C)C)C(C)(C)C)C2(C)C)C(O)C(=O)CCC=C.CC(C)(C)OC(=O)N[C@H](C(=O)N1CC2[C@@H]([C@H]1C(=O)O)C2(C)C)C(C)(C)C. The lowest BCUT2D eigenvalue weighted by molar-refractivity contribution is -0.152. The highest BCUT2D eigenvalue weighted by molar-refractivity contribution is 5.95. The summed E-state index contributed by atoms with van der Waals surface area (Å²) in [6.45, 7) is 34.3. The van der Waals surface area contributed by atoms with Crippen LogP contribution in [0.2, 0.25) is 0 Å². The van der Waals surface area contributed by atoms with Crippen molar-refractivity contribution >= 4 is 41.5 Å². The fourth-order valence-electron chi connectivity index (χ4n) is 9.83. The van der Waals surface area contributed by atoms with E-state index in [4.69, 9.17) is 15.9 Å². The van der Waals surface area contributed by atoms with Gasteiger partial charge in [0.15, 0.2) is 11.6 Å². The fourth-order valence-corrected chi connectivity index (χ4v) is 9.83. The van der Waals surface area contributed by atoms with Gasteiger partial charge in [0.25, 0.3) is 0 Å². The van der Waals surface area contributed by atoms with Crippen molar-refractivity contribution in [3.63, 3.8) is 0 Å². The summed E-state index contributed by atoms with van der Waals surface area (Å²) >= 11 is 0. The van der Waals surface area contributed by atoms with E-state index in [9.17, 15) is 43.8 Å². The number of nitrogens with zero attached hydrogens (tertiary/aromatic N) is 2. The van der Waals surface area contributed by atoms with Crippen LogP contribution in [0.25, 0.3) is 0 Å². The molecule has 2 heterocycles. The third-order valence-electron chi connectivity index (χ3n) is 13.6. The predicted molar refractivity (Wildman–Crippen MR) is 254 cm³/mol. The van der Waals surface area contributed by atoms with Crippen LogP contribution in [-0.2, 0) is 33.4 Å². The monoisotopic (exact) mass is 929 g/mol. The smallest absolute Gasteiger partial charge is 0.408 e. The Kier molecular flexibility index (Phi) is 18.2. The number of fused-ring (bicyclic) bond motifs is 2. The van der Waals surface area contributed by atoms with Gasteiger partial charge in [0.2, 0.25) is 11.8 Å². The third-order valence-corrected chi connectivity index (χ3v) is 13.6. The molecule has 2 aliphatic carbocycles. The molecule has 4 N–H and O–H groups in total. The van der Waals surface area contributed by atoms with Gasteiger partial charge in [-0.25, -0.2) is 14.4 Å². The molecule has 0 aromatic heterocycles. The van der Waals surface area contributed by atoms with Crippen molar-refractivity contribution in [3.8, 4) is 12.3 Å². The number of aliphatic carboxylic acids is 1. The number of amides is 4. The van der Waals surface area contributed by atoms with E-state index in [2.05, 4.69) is 37.0 Å². The summed E-state index contributed by atoms with van der Waals surface area (Å²) < 4.78 is 10.7. The highest BCUT2D eigenvalue weighted by Gasteiger charge is 2.71. The molecule has 2 aliphatic heterocycles. The van der Waals surface area contributed by atoms with E-state index < -0.39 is 76.4 Å². The first-order valence-corrected chi connectivity index (χ1v) is 23.0. The third kappa shape index (κ3) is 13.8. The lowest BCUT2D eigenvalue weighted by Gasteiger charge is -2.38. The molecule has 4 rings (SSSR count). The Labute approximate surface area is 395 Å². The zero-order chi connectivity index (χ0) is 50.2. The van der Waals surface area contributed by atoms with E-state index in [-0.39, 0.29) is 78.2 Å². The van der Waals surface area contributed by atoms with Crippen molar-refractivity contribution in [1.82, 2.24) is 20.4 Å². The van der Waals surface area contributed by atoms with E-state index in [0.717, 1.165) is 0 Å². The standard InChI is InChI=1S/C31H48N2O6.C19H32N2O5.CH4/c1-11-13-15-19(25(36)21(34)16-14-12-2)17-22(35)24-23-20(31(23,9)10)18-33(24)27(37)26(29(3,4)5)32-28(38)39-30(6,7)8;1-17(2,3)13(20-16(25)26-18(4,5)6)14(22)21-9-10-11(19(10,7)8)12(21)15(23)24;/h1,12,19-20,23-26,36H,2,13-18H2,3-10H3,(H,32,38);10-13H,9H2,1-8H3,(H,20,25)(H,23,24);1H4/t19?,20?,23-,24+,25?,26+;10?,11-,12-,13+;/m00./s1. The highest BCUT2D eigenvalue weighted by atomic mass is 16.6. The Morgan fingerprint density at radius 2 is 1.15 bits per heavy atom. The van der Waals surface area contributed by atoms with Crippen molar-refractivity contribution < 1.29 is 53.2 Å². The summed E-state index contributed by atoms with van der Waals surface area (Å²) in [5, 5.41) is 25.9. The molecule has 15 nitrogen and oxygen atoms in total. The van der Waals surface area contributed by atoms with E-state index in [1.165, 1.54) is 4.90 Å². The molecule has 4 fully saturated rings. The Hall–Kier alpha value is -4.45. The number of hydrogen-bond donors (Lipinski definition) is 4. The number of rotatable bonds is 15. The molecule has 4 amide bonds. The largest absolute Gasteiger partial charge is 0.480 e. The maximum absolute atomic E-state index is 14.0. The van der Waals surface area contributed by atoms with Gasteiger partial charge in [-0.1, -0.05) is 82.7 Å². The minimum Gasteiger partial charge on any atom is -0.480 e. The number of nitrogens with one attached hydrogen (secondary N) is 2. The minimum absolute atomic E-state index is 0. The zero-order valence-electron chi connectivity index (χ0n) is 42.0. The van der Waals surface area contributed by atoms with Crippen LogP contribution in [0.4, 0.5) is 9.59 Å². The van der Waals surface area contributed by atoms with E-state index in [1.54, 1.807) is 52.5 Å². The Bertz CT molecular complexity index is 1870. The normalized spacial score (nSPS) is 25.3. The van der Waals surface area contributed by atoms with Crippen LogP contribution in [0.15, 0.2) is 12.7 Å². The van der Waals surface area contributed by atoms with Crippen LogP contribution in [0, 0.1) is 63.6 Å². The Morgan fingerprint density at radius 3 is 1.50 bits per heavy atom. The summed E-state index contributed by atoms with van der Waals surface area (Å²) in [7, 11) is 0. The number of allylic oxidation sites excluding steroid dienone is 1. The van der Waals surface area contributed by atoms with Crippen molar-refractivity contribution in [2.75, 3.05) is 13.1 Å². The number of ether oxygens (including phenoxy) is 2. The number of carboxylic acids is 1. The van der Waals surface area contributed by atoms with Gasteiger partial charge >= 0.3 is 18.2 Å². The second kappa shape index (κ2) is 20.8. The van der Waals surface area contributed by atoms with Crippen molar-refractivity contribution in [2.45, 2.75) is 192 Å². The zero-order valence-corrected chi connectivity index (χ0v) is 42.0. The molecular formula is C51H84N4O11. The van der Waals surface area contributed by atoms with Crippen LogP contribution >= 0.6 is 0 Å². The second-order valence-electron chi connectivity index (χ2n) is 23.9. The highest BCUT2D eigenvalue weighted by Crippen LogP contribution is 2.66. The van der Waals surface area contributed by atoms with E-state index >= 15 is 0 Å². The van der Waals surface area contributed by atoms with Crippen LogP contribution in [0.1, 0.15) is 150 Å². The van der Waals surface area contributed by atoms with Gasteiger partial charge in [0.05, 0.1) is 6.04 Å². The van der Waals surface area contributed by atoms with Gasteiger partial charge in [-0.2, -0.15) is 0 Å². The molecule has 374 valence electrons. The van der Waals surface area contributed by atoms with Gasteiger partial charge < -0.3 is 40.1 Å². The van der Waals surface area contributed by atoms with Gasteiger partial charge in [-0.15, -0.1) is 18.9 Å². The van der Waals surface area contributed by atoms with Crippen molar-refractivity contribution in [2.24, 2.45) is 51.2 Å². The van der Waals surface area contributed by atoms with Crippen LogP contribution in [0.5, 0.6) is 0 Å². The summed E-state index contributed by atoms with van der Waals surface area (Å²) in [6, 6.07) is -3.31. The molecule has 0 aromatic carbocycles. The minimum atomic E-state index is -1.31. The predicted octanol–water partition coefficient (Wildman–Crippen LogP) is 7.42. The number of Topliss-reactive ketones (excluding diaryl/α,β-unsaturated/α-hetero) is 2. The number of alkyl carbamates (subject to hydrolysis) is 2. The number of ketones is 2. The summed E-state index contributed by atoms with van der Waals surface area (Å²) in [4.78, 5) is 93.3. The summed E-state index contributed by atoms with van der Waals surface area (Å²) in [5.41, 5.74) is -2.81. The topological polar surface area (TPSA) is 209 Å². The lowest BCUT2D eigenvalue weighted by atomic mass is 9.83. The maximum atomic E-state index is 14.0. The second-order valence-corrected chi connectivity index (χ2v) is 23.9. The molecule has 2 saturated heterocycles. The molecule has 0 spiro atoms. The van der Waals surface area contributed by atoms with Crippen LogP contribution < -0.4 is 10.6 Å². The molecule has 15 heteroatoms. The van der Waals surface area contributed by atoms with E-state index in [1.807, 2.05) is 55.4 Å². The number of carboxylic acid groups (broad SMARTS) is 1. The van der Waals surface area contributed by atoms with Crippen LogP contribution in [-0.4, -0.2) is 116 Å². The molecule has 0 aromatic rings. The molecule has 66 heavy (non-hydrogen) atoms. The first-order chi connectivity index (χ1) is 29.4. The van der Waals surface area contributed by atoms with Gasteiger partial charge in [0, 0.05) is 38.3 Å². The number of piperidine rings is 2. The number of carbonyl (C=O) groups excluding carboxylic acids is 6. The number of terminal acetylenes is 1. The average molecular weight is 929 g/mol. The van der Waals surface area contributed by atoms with Gasteiger partial charge in [-0.3, -0.25) is 19.2 Å². The van der Waals surface area contributed by atoms with Crippen molar-refractivity contribution in [3.05, 3.63) is 12.7 Å². The van der Waals surface area contributed by atoms with Crippen LogP contribution in [0.3, 0.4) is 0 Å². The quantitative estimate of drug-likeness (QED) is 0.0938. The van der Waals surface area contributed by atoms with Crippen molar-refractivity contribution in [1.29, 1.82) is 0 Å². The summed E-state index contributed by atoms with van der Waals surface area (Å²) in [5.74, 6) is -0.0432. The first kappa shape index (κ1) is 57.7. The van der Waals surface area contributed by atoms with E-state index in [0.29, 0.717) is 32.4 Å². The molecule has 0 bridgehead atoms. The first-order valence-electron chi connectivity index (χ1n) is 23.0. The molecule has 4 aliphatic rings. The Morgan fingerprint density at radius 1 is 0.758 bits per heavy atom.